The van der Waals surface area contributed by atoms with Gasteiger partial charge in [-0.2, -0.15) is 0 Å². The third-order valence-electron chi connectivity index (χ3n) is 5.20. The van der Waals surface area contributed by atoms with Crippen molar-refractivity contribution in [1.82, 2.24) is 19.7 Å². The molecule has 0 bridgehead atoms. The Morgan fingerprint density at radius 2 is 1.86 bits per heavy atom. The number of thioether (sulfide) groups is 1. The van der Waals surface area contributed by atoms with Crippen molar-refractivity contribution in [3.63, 3.8) is 0 Å². The van der Waals surface area contributed by atoms with Gasteiger partial charge in [-0.3, -0.25) is 9.36 Å². The van der Waals surface area contributed by atoms with Crippen LogP contribution in [0.2, 0.25) is 0 Å². The predicted molar refractivity (Wildman–Crippen MR) is 113 cm³/mol. The Bertz CT molecular complexity index is 974. The van der Waals surface area contributed by atoms with Crippen LogP contribution in [-0.2, 0) is 4.79 Å². The first kappa shape index (κ1) is 19.6. The molecule has 1 amide bonds. The van der Waals surface area contributed by atoms with Crippen LogP contribution in [0.5, 0.6) is 0 Å². The van der Waals surface area contributed by atoms with Gasteiger partial charge in [-0.25, -0.2) is 4.39 Å². The number of hydrogen-bond acceptors (Lipinski definition) is 4. The fourth-order valence-electron chi connectivity index (χ4n) is 3.64. The molecule has 0 aliphatic carbocycles. The molecule has 3 aromatic rings. The zero-order valence-electron chi connectivity index (χ0n) is 16.3. The summed E-state index contributed by atoms with van der Waals surface area (Å²) in [4.78, 5) is 14.7. The largest absolute Gasteiger partial charge is 0.339 e. The normalized spacial score (nSPS) is 16.8. The minimum Gasteiger partial charge on any atom is -0.339 e. The lowest BCUT2D eigenvalue weighted by Crippen LogP contribution is -2.42. The van der Waals surface area contributed by atoms with Gasteiger partial charge in [0.05, 0.1) is 5.75 Å². The standard InChI is InChI=1S/C22H23FN4OS/c1-16-7-5-6-14-26(16)20(28)15-29-22-25-24-21(17-10-12-18(23)13-11-17)27(22)19-8-3-2-4-9-19/h2-4,8-13,16H,5-7,14-15H2,1H3. The Labute approximate surface area is 173 Å². The minimum atomic E-state index is -0.296. The number of halogens is 1. The summed E-state index contributed by atoms with van der Waals surface area (Å²) in [6, 6.07) is 16.3. The van der Waals surface area contributed by atoms with Crippen LogP contribution in [0, 0.1) is 5.82 Å². The topological polar surface area (TPSA) is 51.0 Å². The van der Waals surface area contributed by atoms with E-state index in [1.165, 1.54) is 30.3 Å². The summed E-state index contributed by atoms with van der Waals surface area (Å²) in [5, 5.41) is 9.33. The average Bonchev–Trinajstić information content (AvgIpc) is 3.17. The van der Waals surface area contributed by atoms with Crippen molar-refractivity contribution in [2.24, 2.45) is 0 Å². The van der Waals surface area contributed by atoms with Crippen molar-refractivity contribution < 1.29 is 9.18 Å². The second kappa shape index (κ2) is 8.78. The lowest BCUT2D eigenvalue weighted by Gasteiger charge is -2.33. The van der Waals surface area contributed by atoms with Crippen LogP contribution < -0.4 is 0 Å². The molecule has 1 unspecified atom stereocenters. The number of aromatic nitrogens is 3. The molecule has 1 atom stereocenters. The smallest absolute Gasteiger partial charge is 0.233 e. The fraction of sp³-hybridized carbons (Fsp3) is 0.318. The summed E-state index contributed by atoms with van der Waals surface area (Å²) in [5.74, 6) is 0.777. The maximum atomic E-state index is 13.4. The number of carbonyl (C=O) groups excluding carboxylic acids is 1. The van der Waals surface area contributed by atoms with E-state index in [1.54, 1.807) is 12.1 Å². The zero-order valence-corrected chi connectivity index (χ0v) is 17.1. The van der Waals surface area contributed by atoms with Gasteiger partial charge in [0.25, 0.3) is 0 Å². The van der Waals surface area contributed by atoms with Gasteiger partial charge in [0.1, 0.15) is 5.82 Å². The van der Waals surface area contributed by atoms with Crippen molar-refractivity contribution in [3.8, 4) is 17.1 Å². The number of carbonyl (C=O) groups is 1. The van der Waals surface area contributed by atoms with Crippen LogP contribution in [-0.4, -0.2) is 43.9 Å². The SMILES string of the molecule is CC1CCCCN1C(=O)CSc1nnc(-c2ccc(F)cc2)n1-c1ccccc1. The highest BCUT2D eigenvalue weighted by Gasteiger charge is 2.24. The number of para-hydroxylation sites is 1. The van der Waals surface area contributed by atoms with Gasteiger partial charge in [-0.1, -0.05) is 30.0 Å². The van der Waals surface area contributed by atoms with Crippen LogP contribution in [0.25, 0.3) is 17.1 Å². The van der Waals surface area contributed by atoms with Crippen LogP contribution in [0.4, 0.5) is 4.39 Å². The molecule has 1 aliphatic rings. The van der Waals surface area contributed by atoms with Crippen LogP contribution in [0.1, 0.15) is 26.2 Å². The molecule has 1 fully saturated rings. The molecule has 29 heavy (non-hydrogen) atoms. The van der Waals surface area contributed by atoms with Gasteiger partial charge in [0.2, 0.25) is 5.91 Å². The Morgan fingerprint density at radius 3 is 2.59 bits per heavy atom. The van der Waals surface area contributed by atoms with E-state index < -0.39 is 0 Å². The Hall–Kier alpha value is -2.67. The molecule has 150 valence electrons. The van der Waals surface area contributed by atoms with Gasteiger partial charge in [0, 0.05) is 23.8 Å². The number of rotatable bonds is 5. The molecule has 0 N–H and O–H groups in total. The first-order valence-electron chi connectivity index (χ1n) is 9.82. The molecule has 5 nitrogen and oxygen atoms in total. The maximum Gasteiger partial charge on any atom is 0.233 e. The molecule has 0 radical (unpaired) electrons. The molecule has 2 heterocycles. The number of piperidine rings is 1. The zero-order chi connectivity index (χ0) is 20.2. The highest BCUT2D eigenvalue weighted by Crippen LogP contribution is 2.28. The van der Waals surface area contributed by atoms with Gasteiger partial charge in [-0.05, 0) is 62.6 Å². The summed E-state index contributed by atoms with van der Waals surface area (Å²) in [6.07, 6.45) is 3.31. The molecule has 0 saturated carbocycles. The summed E-state index contributed by atoms with van der Waals surface area (Å²) >= 11 is 1.39. The summed E-state index contributed by atoms with van der Waals surface area (Å²) in [7, 11) is 0. The average molecular weight is 411 g/mol. The van der Waals surface area contributed by atoms with Crippen molar-refractivity contribution in [2.75, 3.05) is 12.3 Å². The number of nitrogens with zero attached hydrogens (tertiary/aromatic N) is 4. The molecule has 2 aromatic carbocycles. The second-order valence-electron chi connectivity index (χ2n) is 7.20. The predicted octanol–water partition coefficient (Wildman–Crippen LogP) is 4.57. The molecule has 7 heteroatoms. The highest BCUT2D eigenvalue weighted by atomic mass is 32.2. The number of likely N-dealkylation sites (tertiary alicyclic amines) is 1. The van der Waals surface area contributed by atoms with Crippen molar-refractivity contribution >= 4 is 17.7 Å². The quantitative estimate of drug-likeness (QED) is 0.579. The minimum absolute atomic E-state index is 0.133. The molecular weight excluding hydrogens is 387 g/mol. The van der Waals surface area contributed by atoms with Crippen LogP contribution >= 0.6 is 11.8 Å². The molecule has 4 rings (SSSR count). The van der Waals surface area contributed by atoms with Gasteiger partial charge in [-0.15, -0.1) is 10.2 Å². The van der Waals surface area contributed by atoms with E-state index in [4.69, 9.17) is 0 Å². The molecule has 1 aromatic heterocycles. The molecule has 1 saturated heterocycles. The van der Waals surface area contributed by atoms with Crippen molar-refractivity contribution in [2.45, 2.75) is 37.4 Å². The van der Waals surface area contributed by atoms with Crippen LogP contribution in [0.3, 0.4) is 0 Å². The Balaban J connectivity index is 1.61. The second-order valence-corrected chi connectivity index (χ2v) is 8.15. The first-order chi connectivity index (χ1) is 14.1. The summed E-state index contributed by atoms with van der Waals surface area (Å²) in [6.45, 7) is 2.94. The molecule has 1 aliphatic heterocycles. The highest BCUT2D eigenvalue weighted by molar-refractivity contribution is 7.99. The molecular formula is C22H23FN4OS. The van der Waals surface area contributed by atoms with Gasteiger partial charge >= 0.3 is 0 Å². The number of amides is 1. The van der Waals surface area contributed by atoms with Gasteiger partial charge in [0.15, 0.2) is 11.0 Å². The lowest BCUT2D eigenvalue weighted by molar-refractivity contribution is -0.131. The van der Waals surface area contributed by atoms with Gasteiger partial charge < -0.3 is 4.90 Å². The van der Waals surface area contributed by atoms with E-state index in [-0.39, 0.29) is 11.7 Å². The Kier molecular flexibility index (Phi) is 5.94. The van der Waals surface area contributed by atoms with Crippen LogP contribution in [0.15, 0.2) is 59.8 Å². The Morgan fingerprint density at radius 1 is 1.10 bits per heavy atom. The van der Waals surface area contributed by atoms with Crippen molar-refractivity contribution in [1.29, 1.82) is 0 Å². The summed E-state index contributed by atoms with van der Waals surface area (Å²) in [5.41, 5.74) is 1.67. The number of hydrogen-bond donors (Lipinski definition) is 0. The third kappa shape index (κ3) is 4.34. The van der Waals surface area contributed by atoms with E-state index in [0.29, 0.717) is 22.8 Å². The fourth-order valence-corrected chi connectivity index (χ4v) is 4.47. The van der Waals surface area contributed by atoms with E-state index in [2.05, 4.69) is 17.1 Å². The molecule has 0 spiro atoms. The lowest BCUT2D eigenvalue weighted by atomic mass is 10.0. The summed E-state index contributed by atoms with van der Waals surface area (Å²) < 4.78 is 15.3. The van der Waals surface area contributed by atoms with E-state index in [9.17, 15) is 9.18 Å². The third-order valence-corrected chi connectivity index (χ3v) is 6.11. The van der Waals surface area contributed by atoms with E-state index in [1.807, 2.05) is 39.8 Å². The first-order valence-corrected chi connectivity index (χ1v) is 10.8. The monoisotopic (exact) mass is 410 g/mol. The number of benzene rings is 2. The van der Waals surface area contributed by atoms with E-state index in [0.717, 1.165) is 30.6 Å². The van der Waals surface area contributed by atoms with E-state index >= 15 is 0 Å². The maximum absolute atomic E-state index is 13.4. The van der Waals surface area contributed by atoms with Crippen molar-refractivity contribution in [3.05, 3.63) is 60.4 Å².